The molecule has 0 saturated carbocycles. The van der Waals surface area contributed by atoms with Crippen molar-refractivity contribution in [3.8, 4) is 0 Å². The van der Waals surface area contributed by atoms with E-state index in [0.717, 1.165) is 21.5 Å². The van der Waals surface area contributed by atoms with Crippen molar-refractivity contribution in [2.75, 3.05) is 6.54 Å². The molecule has 24 heavy (non-hydrogen) atoms. The quantitative estimate of drug-likeness (QED) is 0.830. The highest BCUT2D eigenvalue weighted by atomic mass is 32.2. The standard InChI is InChI=1S/C16H13N3O3S2/c20-14(18-9-11-4-1-2-6-17-11)10-19-15(21)13(24-16(19)22)8-12-5-3-7-23-12/h1-8H,9-10H2,(H,18,20)/b13-8+. The summed E-state index contributed by atoms with van der Waals surface area (Å²) in [6.45, 7) is -0.0415. The lowest BCUT2D eigenvalue weighted by atomic mass is 10.3. The molecule has 8 heteroatoms. The second kappa shape index (κ2) is 7.41. The molecule has 0 atom stereocenters. The second-order valence-electron chi connectivity index (χ2n) is 4.88. The van der Waals surface area contributed by atoms with Crippen LogP contribution in [0.5, 0.6) is 0 Å². The molecule has 3 heterocycles. The van der Waals surface area contributed by atoms with Crippen LogP contribution in [0.15, 0.2) is 46.8 Å². The summed E-state index contributed by atoms with van der Waals surface area (Å²) in [6, 6.07) is 9.11. The predicted molar refractivity (Wildman–Crippen MR) is 93.1 cm³/mol. The molecule has 0 spiro atoms. The molecule has 1 saturated heterocycles. The number of rotatable bonds is 5. The Bertz CT molecular complexity index is 788. The molecule has 2 aromatic rings. The molecule has 0 aliphatic carbocycles. The number of thiophene rings is 1. The molecule has 1 aliphatic heterocycles. The number of hydrogen-bond donors (Lipinski definition) is 1. The minimum Gasteiger partial charge on any atom is -0.349 e. The average molecular weight is 359 g/mol. The molecule has 1 aliphatic rings. The van der Waals surface area contributed by atoms with Gasteiger partial charge in [-0.25, -0.2) is 0 Å². The summed E-state index contributed by atoms with van der Waals surface area (Å²) in [5.74, 6) is -0.841. The molecule has 0 bridgehead atoms. The Morgan fingerprint density at radius 1 is 1.25 bits per heavy atom. The highest BCUT2D eigenvalue weighted by Gasteiger charge is 2.36. The first kappa shape index (κ1) is 16.4. The summed E-state index contributed by atoms with van der Waals surface area (Å²) in [7, 11) is 0. The molecule has 1 fully saturated rings. The van der Waals surface area contributed by atoms with Crippen LogP contribution in [0.25, 0.3) is 6.08 Å². The van der Waals surface area contributed by atoms with E-state index in [1.54, 1.807) is 24.4 Å². The monoisotopic (exact) mass is 359 g/mol. The van der Waals surface area contributed by atoms with Gasteiger partial charge in [0.15, 0.2) is 0 Å². The normalized spacial score (nSPS) is 16.0. The number of nitrogens with one attached hydrogen (secondary N) is 1. The third-order valence-corrected chi connectivity index (χ3v) is 4.91. The summed E-state index contributed by atoms with van der Waals surface area (Å²) in [5, 5.41) is 4.11. The number of aromatic nitrogens is 1. The molecule has 122 valence electrons. The molecule has 2 aromatic heterocycles. The Labute approximate surface area is 146 Å². The predicted octanol–water partition coefficient (Wildman–Crippen LogP) is 2.50. The Morgan fingerprint density at radius 2 is 2.12 bits per heavy atom. The van der Waals surface area contributed by atoms with E-state index in [9.17, 15) is 14.4 Å². The van der Waals surface area contributed by atoms with Crippen molar-refractivity contribution >= 4 is 46.2 Å². The average Bonchev–Trinajstić information content (AvgIpc) is 3.18. The lowest BCUT2D eigenvalue weighted by molar-refractivity contribution is -0.129. The first-order valence-corrected chi connectivity index (χ1v) is 8.78. The molecule has 0 unspecified atom stereocenters. The maximum atomic E-state index is 12.3. The molecule has 0 radical (unpaired) electrons. The van der Waals surface area contributed by atoms with E-state index in [4.69, 9.17) is 0 Å². The van der Waals surface area contributed by atoms with Gasteiger partial charge < -0.3 is 5.32 Å². The minimum absolute atomic E-state index is 0.251. The van der Waals surface area contributed by atoms with Crippen LogP contribution >= 0.6 is 23.1 Å². The van der Waals surface area contributed by atoms with E-state index in [1.807, 2.05) is 23.6 Å². The van der Waals surface area contributed by atoms with Crippen molar-refractivity contribution in [2.45, 2.75) is 6.54 Å². The van der Waals surface area contributed by atoms with Crippen molar-refractivity contribution in [3.63, 3.8) is 0 Å². The Balaban J connectivity index is 1.59. The number of thioether (sulfide) groups is 1. The highest BCUT2D eigenvalue weighted by Crippen LogP contribution is 2.32. The summed E-state index contributed by atoms with van der Waals surface area (Å²) in [6.07, 6.45) is 3.30. The maximum Gasteiger partial charge on any atom is 0.294 e. The SMILES string of the molecule is O=C(CN1C(=O)S/C(=C/c2cccs2)C1=O)NCc1ccccn1. The zero-order valence-corrected chi connectivity index (χ0v) is 14.1. The van der Waals surface area contributed by atoms with Crippen molar-refractivity contribution in [3.05, 3.63) is 57.4 Å². The van der Waals surface area contributed by atoms with Gasteiger partial charge in [0, 0.05) is 11.1 Å². The van der Waals surface area contributed by atoms with Crippen LogP contribution in [0, 0.1) is 0 Å². The van der Waals surface area contributed by atoms with Gasteiger partial charge in [0.1, 0.15) is 6.54 Å². The van der Waals surface area contributed by atoms with Crippen LogP contribution in [0.1, 0.15) is 10.6 Å². The molecule has 3 rings (SSSR count). The fourth-order valence-corrected chi connectivity index (χ4v) is 3.59. The van der Waals surface area contributed by atoms with Gasteiger partial charge in [-0.3, -0.25) is 24.3 Å². The molecule has 3 amide bonds. The zero-order valence-electron chi connectivity index (χ0n) is 12.5. The Morgan fingerprint density at radius 3 is 2.83 bits per heavy atom. The Hall–Kier alpha value is -2.45. The van der Waals surface area contributed by atoms with Gasteiger partial charge >= 0.3 is 0 Å². The van der Waals surface area contributed by atoms with Crippen LogP contribution < -0.4 is 5.32 Å². The van der Waals surface area contributed by atoms with E-state index < -0.39 is 17.1 Å². The van der Waals surface area contributed by atoms with Crippen molar-refractivity contribution in [1.82, 2.24) is 15.2 Å². The number of pyridine rings is 1. The van der Waals surface area contributed by atoms with E-state index in [1.165, 1.54) is 11.3 Å². The number of imide groups is 1. The van der Waals surface area contributed by atoms with Gasteiger partial charge in [0.2, 0.25) is 5.91 Å². The summed E-state index contributed by atoms with van der Waals surface area (Å²) in [5.41, 5.74) is 0.706. The van der Waals surface area contributed by atoms with Crippen LogP contribution in [0.2, 0.25) is 0 Å². The summed E-state index contributed by atoms with van der Waals surface area (Å²) in [4.78, 5) is 42.5. The van der Waals surface area contributed by atoms with Crippen LogP contribution in [0.3, 0.4) is 0 Å². The van der Waals surface area contributed by atoms with E-state index in [2.05, 4.69) is 10.3 Å². The van der Waals surface area contributed by atoms with E-state index in [-0.39, 0.29) is 13.1 Å². The minimum atomic E-state index is -0.439. The largest absolute Gasteiger partial charge is 0.349 e. The molecule has 1 N–H and O–H groups in total. The number of nitrogens with zero attached hydrogens (tertiary/aromatic N) is 2. The van der Waals surface area contributed by atoms with Crippen LogP contribution in [-0.2, 0) is 16.1 Å². The molecule has 0 aromatic carbocycles. The molecular formula is C16H13N3O3S2. The van der Waals surface area contributed by atoms with Gasteiger partial charge in [-0.1, -0.05) is 12.1 Å². The van der Waals surface area contributed by atoms with Gasteiger partial charge in [0.25, 0.3) is 11.1 Å². The van der Waals surface area contributed by atoms with Crippen molar-refractivity contribution in [1.29, 1.82) is 0 Å². The van der Waals surface area contributed by atoms with Crippen molar-refractivity contribution in [2.24, 2.45) is 0 Å². The molecule has 6 nitrogen and oxygen atoms in total. The number of hydrogen-bond acceptors (Lipinski definition) is 6. The highest BCUT2D eigenvalue weighted by molar-refractivity contribution is 8.18. The van der Waals surface area contributed by atoms with E-state index in [0.29, 0.717) is 10.6 Å². The van der Waals surface area contributed by atoms with Gasteiger partial charge in [-0.05, 0) is 41.4 Å². The van der Waals surface area contributed by atoms with Gasteiger partial charge in [0.05, 0.1) is 17.1 Å². The van der Waals surface area contributed by atoms with Crippen LogP contribution in [0.4, 0.5) is 4.79 Å². The van der Waals surface area contributed by atoms with Crippen molar-refractivity contribution < 1.29 is 14.4 Å². The smallest absolute Gasteiger partial charge is 0.294 e. The zero-order chi connectivity index (χ0) is 16.9. The van der Waals surface area contributed by atoms with Gasteiger partial charge in [-0.2, -0.15) is 0 Å². The Kier molecular flexibility index (Phi) is 5.07. The lowest BCUT2D eigenvalue weighted by Gasteiger charge is -2.12. The third kappa shape index (κ3) is 3.90. The first-order valence-electron chi connectivity index (χ1n) is 7.09. The number of amides is 3. The van der Waals surface area contributed by atoms with E-state index >= 15 is 0 Å². The summed E-state index contributed by atoms with van der Waals surface area (Å²) < 4.78 is 0. The van der Waals surface area contributed by atoms with Crippen LogP contribution in [-0.4, -0.2) is 33.5 Å². The lowest BCUT2D eigenvalue weighted by Crippen LogP contribution is -2.39. The second-order valence-corrected chi connectivity index (χ2v) is 6.85. The maximum absolute atomic E-state index is 12.3. The molecular weight excluding hydrogens is 346 g/mol. The third-order valence-electron chi connectivity index (χ3n) is 3.18. The topological polar surface area (TPSA) is 79.4 Å². The van der Waals surface area contributed by atoms with Gasteiger partial charge in [-0.15, -0.1) is 11.3 Å². The fourth-order valence-electron chi connectivity index (χ4n) is 2.03. The fraction of sp³-hybridized carbons (Fsp3) is 0.125. The first-order chi connectivity index (χ1) is 11.6. The number of carbonyl (C=O) groups excluding carboxylic acids is 3. The summed E-state index contributed by atoms with van der Waals surface area (Å²) >= 11 is 2.33. The number of carbonyl (C=O) groups is 3.